The fourth-order valence-electron chi connectivity index (χ4n) is 1.38. The van der Waals surface area contributed by atoms with Gasteiger partial charge in [0.25, 0.3) is 0 Å². The number of halogens is 1. The lowest BCUT2D eigenvalue weighted by Crippen LogP contribution is -2.37. The number of ketones is 1. The van der Waals surface area contributed by atoms with Gasteiger partial charge >= 0.3 is 5.97 Å². The van der Waals surface area contributed by atoms with E-state index in [-0.39, 0.29) is 11.0 Å². The molecule has 0 aromatic heterocycles. The van der Waals surface area contributed by atoms with E-state index in [1.165, 1.54) is 6.92 Å². The highest BCUT2D eigenvalue weighted by Gasteiger charge is 2.41. The smallest absolute Gasteiger partial charge is 0.325 e. The molecule has 0 aliphatic rings. The maximum absolute atomic E-state index is 11.6. The summed E-state index contributed by atoms with van der Waals surface area (Å²) in [5.74, 6) is -0.819. The van der Waals surface area contributed by atoms with Crippen molar-refractivity contribution in [3.63, 3.8) is 0 Å². The maximum Gasteiger partial charge on any atom is 0.325 e. The van der Waals surface area contributed by atoms with Crippen LogP contribution in [0.4, 0.5) is 0 Å². The van der Waals surface area contributed by atoms with Crippen molar-refractivity contribution in [2.24, 2.45) is 5.41 Å². The Morgan fingerprint density at radius 3 is 2.00 bits per heavy atom. The Bertz CT molecular complexity index is 254. The van der Waals surface area contributed by atoms with Gasteiger partial charge in [0, 0.05) is 0 Å². The summed E-state index contributed by atoms with van der Waals surface area (Å²) in [5, 5.41) is -0.206. The minimum atomic E-state index is -1.07. The lowest BCUT2D eigenvalue weighted by Gasteiger charge is -2.25. The van der Waals surface area contributed by atoms with Crippen molar-refractivity contribution in [1.82, 2.24) is 0 Å². The molecule has 0 aromatic carbocycles. The van der Waals surface area contributed by atoms with Crippen molar-refractivity contribution < 1.29 is 14.3 Å². The molecule has 80 valence electrons. The molecule has 0 aromatic rings. The van der Waals surface area contributed by atoms with E-state index in [0.29, 0.717) is 12.8 Å². The zero-order valence-corrected chi connectivity index (χ0v) is 9.48. The van der Waals surface area contributed by atoms with E-state index in [4.69, 9.17) is 11.6 Å². The quantitative estimate of drug-likeness (QED) is 0.405. The summed E-state index contributed by atoms with van der Waals surface area (Å²) in [6, 6.07) is 0. The topological polar surface area (TPSA) is 43.4 Å². The van der Waals surface area contributed by atoms with Crippen molar-refractivity contribution in [2.75, 3.05) is 0 Å². The number of Topliss-reactive ketones (excluding diaryl/α,β-unsaturated/α-hetero) is 1. The molecule has 0 aliphatic carbocycles. The first-order valence-corrected chi connectivity index (χ1v) is 4.86. The second kappa shape index (κ2) is 5.15. The van der Waals surface area contributed by atoms with Crippen LogP contribution in [0.15, 0.2) is 11.8 Å². The van der Waals surface area contributed by atoms with E-state index in [0.717, 1.165) is 0 Å². The van der Waals surface area contributed by atoms with Gasteiger partial charge in [0.1, 0.15) is 11.2 Å². The fraction of sp³-hybridized carbons (Fsp3) is 0.600. The number of hydrogen-bond donors (Lipinski definition) is 0. The van der Waals surface area contributed by atoms with Crippen LogP contribution in [0.1, 0.15) is 33.6 Å². The predicted molar refractivity (Wildman–Crippen MR) is 54.8 cm³/mol. The van der Waals surface area contributed by atoms with Crippen LogP contribution in [0.5, 0.6) is 0 Å². The summed E-state index contributed by atoms with van der Waals surface area (Å²) in [6.45, 7) is 8.16. The van der Waals surface area contributed by atoms with Crippen LogP contribution >= 0.6 is 11.6 Å². The van der Waals surface area contributed by atoms with Crippen LogP contribution in [0, 0.1) is 5.41 Å². The average Bonchev–Trinajstić information content (AvgIpc) is 2.05. The predicted octanol–water partition coefficient (Wildman–Crippen LogP) is 2.64. The van der Waals surface area contributed by atoms with Gasteiger partial charge in [-0.2, -0.15) is 0 Å². The molecular formula is C10H15ClO3. The summed E-state index contributed by atoms with van der Waals surface area (Å²) in [4.78, 5) is 23.0. The van der Waals surface area contributed by atoms with Gasteiger partial charge in [-0.1, -0.05) is 13.8 Å². The van der Waals surface area contributed by atoms with Crippen LogP contribution in [-0.4, -0.2) is 11.8 Å². The molecule has 14 heavy (non-hydrogen) atoms. The highest BCUT2D eigenvalue weighted by atomic mass is 35.5. The zero-order valence-electron chi connectivity index (χ0n) is 8.72. The molecular weight excluding hydrogens is 204 g/mol. The Morgan fingerprint density at radius 1 is 1.36 bits per heavy atom. The first-order valence-electron chi connectivity index (χ1n) is 4.48. The van der Waals surface area contributed by atoms with Gasteiger partial charge in [-0.05, 0) is 37.9 Å². The minimum Gasteiger partial charge on any atom is -0.414 e. The SMILES string of the molecule is C=C(Cl)OC(=O)C(CC)(CC)C(C)=O. The molecule has 0 amide bonds. The Kier molecular flexibility index (Phi) is 4.85. The zero-order chi connectivity index (χ0) is 11.4. The van der Waals surface area contributed by atoms with Crippen molar-refractivity contribution in [3.05, 3.63) is 11.8 Å². The van der Waals surface area contributed by atoms with Gasteiger partial charge in [0.05, 0.1) is 0 Å². The Balaban J connectivity index is 4.90. The molecule has 0 unspecified atom stereocenters. The molecule has 3 nitrogen and oxygen atoms in total. The second-order valence-corrected chi connectivity index (χ2v) is 3.51. The molecule has 4 heteroatoms. The van der Waals surface area contributed by atoms with Crippen LogP contribution < -0.4 is 0 Å². The lowest BCUT2D eigenvalue weighted by atomic mass is 9.79. The maximum atomic E-state index is 11.6. The van der Waals surface area contributed by atoms with Gasteiger partial charge in [0.15, 0.2) is 5.22 Å². The Morgan fingerprint density at radius 2 is 1.79 bits per heavy atom. The molecule has 0 radical (unpaired) electrons. The normalized spacial score (nSPS) is 10.9. The van der Waals surface area contributed by atoms with Gasteiger partial charge in [0.2, 0.25) is 0 Å². The van der Waals surface area contributed by atoms with E-state index in [9.17, 15) is 9.59 Å². The van der Waals surface area contributed by atoms with Gasteiger partial charge in [-0.15, -0.1) is 0 Å². The minimum absolute atomic E-state index is 0.203. The number of rotatable bonds is 5. The van der Waals surface area contributed by atoms with Crippen molar-refractivity contribution >= 4 is 23.4 Å². The summed E-state index contributed by atoms with van der Waals surface area (Å²) in [6.07, 6.45) is 0.809. The molecule has 0 spiro atoms. The summed E-state index contributed by atoms with van der Waals surface area (Å²) in [7, 11) is 0. The Labute approximate surface area is 89.1 Å². The van der Waals surface area contributed by atoms with E-state index in [2.05, 4.69) is 11.3 Å². The third kappa shape index (κ3) is 2.58. The van der Waals surface area contributed by atoms with Crippen molar-refractivity contribution in [3.8, 4) is 0 Å². The van der Waals surface area contributed by atoms with E-state index in [1.807, 2.05) is 0 Å². The van der Waals surface area contributed by atoms with Crippen molar-refractivity contribution in [2.45, 2.75) is 33.6 Å². The fourth-order valence-corrected chi connectivity index (χ4v) is 1.45. The molecule has 0 rings (SSSR count). The molecule has 0 aliphatic heterocycles. The largest absolute Gasteiger partial charge is 0.414 e. The highest BCUT2D eigenvalue weighted by Crippen LogP contribution is 2.30. The van der Waals surface area contributed by atoms with Crippen LogP contribution in [0.3, 0.4) is 0 Å². The second-order valence-electron chi connectivity index (χ2n) is 3.09. The van der Waals surface area contributed by atoms with Crippen LogP contribution in [-0.2, 0) is 14.3 Å². The Hall–Kier alpha value is -0.830. The standard InChI is InChI=1S/C10H15ClO3/c1-5-10(6-2,7(3)12)9(13)14-8(4)11/h4-6H2,1-3H3. The summed E-state index contributed by atoms with van der Waals surface area (Å²) in [5.41, 5.74) is -1.07. The molecule has 0 N–H and O–H groups in total. The average molecular weight is 219 g/mol. The van der Waals surface area contributed by atoms with E-state index in [1.54, 1.807) is 13.8 Å². The van der Waals surface area contributed by atoms with E-state index < -0.39 is 11.4 Å². The van der Waals surface area contributed by atoms with Gasteiger partial charge in [-0.3, -0.25) is 9.59 Å². The van der Waals surface area contributed by atoms with Crippen LogP contribution in [0.25, 0.3) is 0 Å². The highest BCUT2D eigenvalue weighted by molar-refractivity contribution is 6.28. The first kappa shape index (κ1) is 13.2. The third-order valence-corrected chi connectivity index (χ3v) is 2.55. The summed E-state index contributed by atoms with van der Waals surface area (Å²) < 4.78 is 4.67. The monoisotopic (exact) mass is 218 g/mol. The van der Waals surface area contributed by atoms with Crippen LogP contribution in [0.2, 0.25) is 0 Å². The number of ether oxygens (including phenoxy) is 1. The van der Waals surface area contributed by atoms with Crippen molar-refractivity contribution in [1.29, 1.82) is 0 Å². The molecule has 0 atom stereocenters. The first-order chi connectivity index (χ1) is 6.40. The molecule has 0 fully saturated rings. The lowest BCUT2D eigenvalue weighted by molar-refractivity contribution is -0.156. The third-order valence-electron chi connectivity index (χ3n) is 2.48. The number of carbonyl (C=O) groups is 2. The molecule has 0 bridgehead atoms. The van der Waals surface area contributed by atoms with Gasteiger partial charge < -0.3 is 4.74 Å². The molecule has 0 saturated heterocycles. The summed E-state index contributed by atoms with van der Waals surface area (Å²) >= 11 is 5.35. The van der Waals surface area contributed by atoms with E-state index >= 15 is 0 Å². The molecule has 0 saturated carbocycles. The molecule has 0 heterocycles. The number of carbonyl (C=O) groups excluding carboxylic acids is 2. The number of hydrogen-bond acceptors (Lipinski definition) is 3. The number of esters is 1. The van der Waals surface area contributed by atoms with Gasteiger partial charge in [-0.25, -0.2) is 0 Å².